The molecule has 5 atom stereocenters. The van der Waals surface area contributed by atoms with Gasteiger partial charge in [-0.05, 0) is 23.6 Å². The summed E-state index contributed by atoms with van der Waals surface area (Å²) in [6, 6.07) is 30.5. The molecule has 1 aliphatic rings. The normalized spacial score (nSPS) is 23.5. The van der Waals surface area contributed by atoms with Crippen LogP contribution in [-0.2, 0) is 43.5 Å². The summed E-state index contributed by atoms with van der Waals surface area (Å²) in [6.07, 6.45) is -0.753. The van der Waals surface area contributed by atoms with Crippen LogP contribution in [0.1, 0.15) is 30.0 Å². The smallest absolute Gasteiger partial charge is 0.186 e. The fourth-order valence-corrected chi connectivity index (χ4v) is 4.14. The monoisotopic (exact) mass is 462 g/mol. The summed E-state index contributed by atoms with van der Waals surface area (Å²) in [4.78, 5) is 0. The Morgan fingerprint density at radius 3 is 1.76 bits per heavy atom. The highest BCUT2D eigenvalue weighted by Crippen LogP contribution is 2.30. The van der Waals surface area contributed by atoms with Crippen molar-refractivity contribution >= 4 is 0 Å². The molecule has 1 heterocycles. The average molecular weight is 463 g/mol. The summed E-state index contributed by atoms with van der Waals surface area (Å²) < 4.78 is 30.9. The van der Waals surface area contributed by atoms with Gasteiger partial charge in [-0.2, -0.15) is 0 Å². The van der Waals surface area contributed by atoms with Crippen molar-refractivity contribution in [3.63, 3.8) is 0 Å². The Hall–Kier alpha value is -2.54. The number of methoxy groups -OCH3 is 1. The molecule has 3 aromatic rings. The first-order valence-electron chi connectivity index (χ1n) is 11.9. The molecular formula is C29H34O5. The molecule has 0 spiro atoms. The number of benzene rings is 3. The Morgan fingerprint density at radius 1 is 0.735 bits per heavy atom. The van der Waals surface area contributed by atoms with Crippen molar-refractivity contribution in [3.8, 4) is 0 Å². The van der Waals surface area contributed by atoms with Crippen molar-refractivity contribution in [1.29, 1.82) is 0 Å². The van der Waals surface area contributed by atoms with Crippen LogP contribution in [0.3, 0.4) is 0 Å². The van der Waals surface area contributed by atoms with Crippen LogP contribution in [0.5, 0.6) is 0 Å². The third kappa shape index (κ3) is 6.98. The number of hydrogen-bond acceptors (Lipinski definition) is 5. The molecule has 1 fully saturated rings. The van der Waals surface area contributed by atoms with E-state index in [1.807, 2.05) is 73.7 Å². The van der Waals surface area contributed by atoms with Gasteiger partial charge in [-0.25, -0.2) is 0 Å². The van der Waals surface area contributed by atoms with Crippen LogP contribution < -0.4 is 0 Å². The molecule has 5 nitrogen and oxygen atoms in total. The molecule has 0 aliphatic carbocycles. The predicted octanol–water partition coefficient (Wildman–Crippen LogP) is 5.52. The second-order valence-electron chi connectivity index (χ2n) is 8.61. The molecule has 4 rings (SSSR count). The van der Waals surface area contributed by atoms with Gasteiger partial charge in [-0.3, -0.25) is 0 Å². The SMILES string of the molecule is CO[C@H]1O[C@H]([C@H](C)OCc2ccccc2)C[C@H](OCc2ccccc2)[C@@H]1OCc1ccccc1. The van der Waals surface area contributed by atoms with Crippen LogP contribution in [0.15, 0.2) is 91.0 Å². The first-order valence-corrected chi connectivity index (χ1v) is 11.9. The van der Waals surface area contributed by atoms with Gasteiger partial charge < -0.3 is 23.7 Å². The summed E-state index contributed by atoms with van der Waals surface area (Å²) in [5.41, 5.74) is 3.35. The van der Waals surface area contributed by atoms with E-state index in [4.69, 9.17) is 23.7 Å². The van der Waals surface area contributed by atoms with Gasteiger partial charge >= 0.3 is 0 Å². The average Bonchev–Trinajstić information content (AvgIpc) is 2.91. The van der Waals surface area contributed by atoms with Crippen LogP contribution in [0.4, 0.5) is 0 Å². The summed E-state index contributed by atoms with van der Waals surface area (Å²) >= 11 is 0. The molecule has 0 saturated carbocycles. The van der Waals surface area contributed by atoms with Crippen molar-refractivity contribution < 1.29 is 23.7 Å². The molecule has 1 aliphatic heterocycles. The maximum absolute atomic E-state index is 6.40. The van der Waals surface area contributed by atoms with E-state index >= 15 is 0 Å². The van der Waals surface area contributed by atoms with Crippen molar-refractivity contribution in [2.24, 2.45) is 0 Å². The van der Waals surface area contributed by atoms with E-state index in [1.54, 1.807) is 7.11 Å². The highest BCUT2D eigenvalue weighted by Gasteiger charge is 2.42. The van der Waals surface area contributed by atoms with E-state index in [0.717, 1.165) is 16.7 Å². The summed E-state index contributed by atoms with van der Waals surface area (Å²) in [6.45, 7) is 3.53. The predicted molar refractivity (Wildman–Crippen MR) is 131 cm³/mol. The first-order chi connectivity index (χ1) is 16.7. The number of ether oxygens (including phenoxy) is 5. The lowest BCUT2D eigenvalue weighted by atomic mass is 9.98. The fourth-order valence-electron chi connectivity index (χ4n) is 4.14. The third-order valence-electron chi connectivity index (χ3n) is 6.11. The lowest BCUT2D eigenvalue weighted by Gasteiger charge is -2.42. The zero-order valence-corrected chi connectivity index (χ0v) is 19.9. The Morgan fingerprint density at radius 2 is 1.24 bits per heavy atom. The largest absolute Gasteiger partial charge is 0.371 e. The Labute approximate surface area is 202 Å². The van der Waals surface area contributed by atoms with E-state index in [2.05, 4.69) is 24.3 Å². The van der Waals surface area contributed by atoms with Gasteiger partial charge in [0.05, 0.1) is 38.1 Å². The maximum atomic E-state index is 6.40. The van der Waals surface area contributed by atoms with Crippen LogP contribution in [-0.4, -0.2) is 37.8 Å². The highest BCUT2D eigenvalue weighted by molar-refractivity contribution is 5.15. The van der Waals surface area contributed by atoms with Gasteiger partial charge in [0.15, 0.2) is 6.29 Å². The lowest BCUT2D eigenvalue weighted by Crippen LogP contribution is -2.54. The standard InChI is InChI=1S/C29H34O5/c1-22(31-19-23-12-6-3-7-13-23)26-18-27(32-20-24-14-8-4-9-15-24)28(29(30-2)34-26)33-21-25-16-10-5-11-17-25/h3-17,22,26-29H,18-21H2,1-2H3/t22-,26-,27-,28-,29-/m0/s1. The fraction of sp³-hybridized carbons (Fsp3) is 0.379. The number of rotatable bonds is 11. The molecule has 0 bridgehead atoms. The number of hydrogen-bond donors (Lipinski definition) is 0. The molecule has 0 aromatic heterocycles. The zero-order valence-electron chi connectivity index (χ0n) is 19.9. The molecule has 180 valence electrons. The van der Waals surface area contributed by atoms with E-state index in [1.165, 1.54) is 0 Å². The van der Waals surface area contributed by atoms with Gasteiger partial charge in [0.1, 0.15) is 6.10 Å². The molecular weight excluding hydrogens is 428 g/mol. The van der Waals surface area contributed by atoms with Gasteiger partial charge in [0.25, 0.3) is 0 Å². The maximum Gasteiger partial charge on any atom is 0.186 e. The summed E-state index contributed by atoms with van der Waals surface area (Å²) in [7, 11) is 1.65. The topological polar surface area (TPSA) is 46.2 Å². The summed E-state index contributed by atoms with van der Waals surface area (Å²) in [5.74, 6) is 0. The van der Waals surface area contributed by atoms with Crippen LogP contribution in [0.25, 0.3) is 0 Å². The molecule has 0 amide bonds. The van der Waals surface area contributed by atoms with E-state index < -0.39 is 6.29 Å². The minimum Gasteiger partial charge on any atom is -0.371 e. The third-order valence-corrected chi connectivity index (χ3v) is 6.11. The molecule has 0 unspecified atom stereocenters. The molecule has 0 N–H and O–H groups in total. The second kappa shape index (κ2) is 12.8. The summed E-state index contributed by atoms with van der Waals surface area (Å²) in [5, 5.41) is 0. The van der Waals surface area contributed by atoms with E-state index in [9.17, 15) is 0 Å². The van der Waals surface area contributed by atoms with E-state index in [0.29, 0.717) is 26.2 Å². The zero-order chi connectivity index (χ0) is 23.6. The van der Waals surface area contributed by atoms with Gasteiger partial charge in [0, 0.05) is 13.5 Å². The molecule has 5 heteroatoms. The van der Waals surface area contributed by atoms with Gasteiger partial charge in [0.2, 0.25) is 0 Å². The van der Waals surface area contributed by atoms with Crippen LogP contribution in [0.2, 0.25) is 0 Å². The van der Waals surface area contributed by atoms with Gasteiger partial charge in [-0.1, -0.05) is 91.0 Å². The minimum absolute atomic E-state index is 0.129. The first kappa shape index (κ1) is 24.6. The quantitative estimate of drug-likeness (QED) is 0.375. The Kier molecular flexibility index (Phi) is 9.25. The Bertz CT molecular complexity index is 950. The molecule has 1 saturated heterocycles. The van der Waals surface area contributed by atoms with Crippen molar-refractivity contribution in [3.05, 3.63) is 108 Å². The molecule has 34 heavy (non-hydrogen) atoms. The van der Waals surface area contributed by atoms with Crippen LogP contribution >= 0.6 is 0 Å². The van der Waals surface area contributed by atoms with Crippen molar-refractivity contribution in [2.45, 2.75) is 63.9 Å². The second-order valence-corrected chi connectivity index (χ2v) is 8.61. The van der Waals surface area contributed by atoms with E-state index in [-0.39, 0.29) is 24.4 Å². The Balaban J connectivity index is 1.43. The lowest BCUT2D eigenvalue weighted by molar-refractivity contribution is -0.293. The highest BCUT2D eigenvalue weighted by atomic mass is 16.7. The van der Waals surface area contributed by atoms with Crippen molar-refractivity contribution in [1.82, 2.24) is 0 Å². The minimum atomic E-state index is -0.550. The van der Waals surface area contributed by atoms with Crippen LogP contribution in [0, 0.1) is 0 Å². The molecule has 3 aromatic carbocycles. The van der Waals surface area contributed by atoms with Gasteiger partial charge in [-0.15, -0.1) is 0 Å². The van der Waals surface area contributed by atoms with Crippen molar-refractivity contribution in [2.75, 3.05) is 7.11 Å². The molecule has 0 radical (unpaired) electrons.